The highest BCUT2D eigenvalue weighted by atomic mass is 16.3. The quantitative estimate of drug-likeness (QED) is 0.0789. The largest absolute Gasteiger partial charge is 0.456 e. The molecule has 53 heavy (non-hydrogen) atoms. The van der Waals surface area contributed by atoms with Crippen LogP contribution in [0.25, 0.3) is 67.5 Å². The predicted molar refractivity (Wildman–Crippen MR) is 227 cm³/mol. The van der Waals surface area contributed by atoms with Gasteiger partial charge >= 0.3 is 0 Å². The van der Waals surface area contributed by atoms with E-state index in [1.807, 2.05) is 72.8 Å². The zero-order valence-corrected chi connectivity index (χ0v) is 30.2. The molecule has 8 aromatic rings. The third kappa shape index (κ3) is 8.53. The number of hydrogen-bond donors (Lipinski definition) is 2. The molecule has 8 rings (SSSR count). The Morgan fingerprint density at radius 2 is 1.13 bits per heavy atom. The standard InChI is InChI=1S/C19H15N3O.C17H16.C13H12/c20-19(22-21)13-6-3-5-12(11-13)14-8-4-10-17-18(14)15-7-1-2-9-16(15)23-17;1-4-14-10-11-17(12-15(14)5-2)16-8-6-13(3)7-9-16;1-11-6-5-9-13(10-11)12-7-3-2-4-8-12/h1-11H,21H2,(H2,20,22);4-12H,1-2H2,3H3;2-10H,1H3. The Morgan fingerprint density at radius 1 is 0.528 bits per heavy atom. The highest BCUT2D eigenvalue weighted by molar-refractivity contribution is 6.12. The third-order valence-corrected chi connectivity index (χ3v) is 9.05. The van der Waals surface area contributed by atoms with E-state index in [1.165, 1.54) is 33.4 Å². The molecule has 0 saturated heterocycles. The first-order valence-electron chi connectivity index (χ1n) is 17.5. The lowest BCUT2D eigenvalue weighted by atomic mass is 9.98. The number of aryl methyl sites for hydroxylation is 2. The van der Waals surface area contributed by atoms with Crippen LogP contribution in [0.3, 0.4) is 0 Å². The van der Waals surface area contributed by atoms with E-state index in [4.69, 9.17) is 16.0 Å². The van der Waals surface area contributed by atoms with E-state index < -0.39 is 0 Å². The Labute approximate surface area is 312 Å². The Hall–Kier alpha value is -6.91. The molecule has 0 bridgehead atoms. The zero-order chi connectivity index (χ0) is 37.2. The van der Waals surface area contributed by atoms with Crippen LogP contribution in [0.15, 0.2) is 186 Å². The summed E-state index contributed by atoms with van der Waals surface area (Å²) < 4.78 is 5.95. The summed E-state index contributed by atoms with van der Waals surface area (Å²) in [4.78, 5) is 0. The van der Waals surface area contributed by atoms with Crippen LogP contribution in [0.4, 0.5) is 0 Å². The number of fused-ring (bicyclic) bond motifs is 3. The van der Waals surface area contributed by atoms with Crippen LogP contribution in [-0.4, -0.2) is 5.84 Å². The fourth-order valence-electron chi connectivity index (χ4n) is 6.25. The summed E-state index contributed by atoms with van der Waals surface area (Å²) in [5.41, 5.74) is 20.4. The van der Waals surface area contributed by atoms with Crippen LogP contribution in [-0.2, 0) is 0 Å². The van der Waals surface area contributed by atoms with Crippen molar-refractivity contribution in [3.05, 3.63) is 205 Å². The normalized spacial score (nSPS) is 10.9. The van der Waals surface area contributed by atoms with Crippen molar-refractivity contribution in [3.8, 4) is 33.4 Å². The Morgan fingerprint density at radius 3 is 1.87 bits per heavy atom. The average molecular weight is 690 g/mol. The number of hydrogen-bond acceptors (Lipinski definition) is 3. The van der Waals surface area contributed by atoms with Crippen LogP contribution in [0.5, 0.6) is 0 Å². The number of nitrogens with zero attached hydrogens (tertiary/aromatic N) is 1. The van der Waals surface area contributed by atoms with Crippen LogP contribution in [0.1, 0.15) is 27.8 Å². The molecule has 1 heterocycles. The van der Waals surface area contributed by atoms with Crippen LogP contribution in [0, 0.1) is 13.8 Å². The number of amidine groups is 1. The molecule has 0 spiro atoms. The highest BCUT2D eigenvalue weighted by Gasteiger charge is 2.12. The van der Waals surface area contributed by atoms with Crippen LogP contribution >= 0.6 is 0 Å². The summed E-state index contributed by atoms with van der Waals surface area (Å²) in [6.45, 7) is 11.9. The van der Waals surface area contributed by atoms with Gasteiger partial charge in [-0.05, 0) is 82.6 Å². The second kappa shape index (κ2) is 16.9. The van der Waals surface area contributed by atoms with Gasteiger partial charge in [-0.25, -0.2) is 0 Å². The van der Waals surface area contributed by atoms with Crippen molar-refractivity contribution in [1.82, 2.24) is 0 Å². The molecule has 0 fully saturated rings. The number of benzene rings is 7. The van der Waals surface area contributed by atoms with E-state index in [0.29, 0.717) is 5.84 Å². The summed E-state index contributed by atoms with van der Waals surface area (Å²) in [6, 6.07) is 55.9. The molecule has 0 unspecified atom stereocenters. The maximum absolute atomic E-state index is 5.95. The number of furan rings is 1. The van der Waals surface area contributed by atoms with Gasteiger partial charge in [0.1, 0.15) is 17.0 Å². The van der Waals surface area contributed by atoms with E-state index in [9.17, 15) is 0 Å². The summed E-state index contributed by atoms with van der Waals surface area (Å²) in [7, 11) is 0. The predicted octanol–water partition coefficient (Wildman–Crippen LogP) is 12.4. The second-order valence-corrected chi connectivity index (χ2v) is 12.7. The molecule has 0 saturated carbocycles. The van der Waals surface area contributed by atoms with Crippen molar-refractivity contribution in [2.24, 2.45) is 16.7 Å². The molecule has 4 heteroatoms. The van der Waals surface area contributed by atoms with Crippen molar-refractivity contribution >= 4 is 39.9 Å². The fraction of sp³-hybridized carbons (Fsp3) is 0.0408. The molecule has 0 atom stereocenters. The molecular weight excluding hydrogens is 647 g/mol. The zero-order valence-electron chi connectivity index (χ0n) is 30.2. The molecule has 1 aromatic heterocycles. The van der Waals surface area contributed by atoms with Crippen molar-refractivity contribution < 1.29 is 4.42 Å². The van der Waals surface area contributed by atoms with Crippen LogP contribution < -0.4 is 11.6 Å². The van der Waals surface area contributed by atoms with Crippen molar-refractivity contribution in [3.63, 3.8) is 0 Å². The number of para-hydroxylation sites is 1. The minimum absolute atomic E-state index is 0.316. The van der Waals surface area contributed by atoms with Gasteiger partial charge in [-0.15, -0.1) is 0 Å². The SMILES string of the molecule is C=Cc1ccc(-c2ccc(C)cc2)cc1C=C.Cc1cccc(-c2ccccc2)c1.N/N=C(\N)c1cccc(-c2cccc3oc4ccccc4c23)c1. The summed E-state index contributed by atoms with van der Waals surface area (Å²) in [6.07, 6.45) is 3.73. The van der Waals surface area contributed by atoms with Gasteiger partial charge in [0.2, 0.25) is 0 Å². The van der Waals surface area contributed by atoms with E-state index in [1.54, 1.807) is 0 Å². The van der Waals surface area contributed by atoms with E-state index >= 15 is 0 Å². The summed E-state index contributed by atoms with van der Waals surface area (Å²) in [5.74, 6) is 5.61. The Kier molecular flexibility index (Phi) is 11.4. The topological polar surface area (TPSA) is 77.5 Å². The summed E-state index contributed by atoms with van der Waals surface area (Å²) in [5, 5.41) is 5.77. The molecule has 0 amide bonds. The van der Waals surface area contributed by atoms with Gasteiger partial charge < -0.3 is 16.0 Å². The van der Waals surface area contributed by atoms with Gasteiger partial charge in [0.05, 0.1) is 0 Å². The second-order valence-electron chi connectivity index (χ2n) is 12.7. The van der Waals surface area contributed by atoms with Gasteiger partial charge in [0.25, 0.3) is 0 Å². The van der Waals surface area contributed by atoms with E-state index in [0.717, 1.165) is 49.8 Å². The summed E-state index contributed by atoms with van der Waals surface area (Å²) >= 11 is 0. The first-order valence-corrected chi connectivity index (χ1v) is 17.5. The average Bonchev–Trinajstić information content (AvgIpc) is 3.60. The Balaban J connectivity index is 0.000000142. The number of hydrazone groups is 1. The van der Waals surface area contributed by atoms with Gasteiger partial charge in [-0.3, -0.25) is 0 Å². The lowest BCUT2D eigenvalue weighted by Gasteiger charge is -2.06. The van der Waals surface area contributed by atoms with Crippen molar-refractivity contribution in [2.45, 2.75) is 13.8 Å². The molecule has 0 radical (unpaired) electrons. The molecule has 0 aliphatic heterocycles. The van der Waals surface area contributed by atoms with E-state index in [-0.39, 0.29) is 0 Å². The van der Waals surface area contributed by atoms with E-state index in [2.05, 4.69) is 135 Å². The van der Waals surface area contributed by atoms with Gasteiger partial charge in [0, 0.05) is 16.3 Å². The minimum atomic E-state index is 0.316. The van der Waals surface area contributed by atoms with Crippen LogP contribution in [0.2, 0.25) is 0 Å². The fourth-order valence-corrected chi connectivity index (χ4v) is 6.25. The number of rotatable bonds is 6. The van der Waals surface area contributed by atoms with Gasteiger partial charge in [-0.1, -0.05) is 176 Å². The monoisotopic (exact) mass is 689 g/mol. The van der Waals surface area contributed by atoms with Gasteiger partial charge in [0.15, 0.2) is 0 Å². The smallest absolute Gasteiger partial charge is 0.150 e. The minimum Gasteiger partial charge on any atom is -0.456 e. The number of nitrogens with two attached hydrogens (primary N) is 2. The molecule has 0 aliphatic carbocycles. The van der Waals surface area contributed by atoms with Crippen molar-refractivity contribution in [2.75, 3.05) is 0 Å². The molecule has 260 valence electrons. The molecule has 0 aliphatic rings. The third-order valence-electron chi connectivity index (χ3n) is 9.05. The molecular formula is C49H43N3O. The highest BCUT2D eigenvalue weighted by Crippen LogP contribution is 2.36. The first kappa shape index (κ1) is 35.9. The maximum atomic E-state index is 5.95. The Bertz CT molecular complexity index is 2530. The maximum Gasteiger partial charge on any atom is 0.150 e. The lowest BCUT2D eigenvalue weighted by molar-refractivity contribution is 0.669. The van der Waals surface area contributed by atoms with Crippen molar-refractivity contribution in [1.29, 1.82) is 0 Å². The molecule has 7 aromatic carbocycles. The molecule has 4 nitrogen and oxygen atoms in total. The molecule has 4 N–H and O–H groups in total. The lowest BCUT2D eigenvalue weighted by Crippen LogP contribution is -2.15. The first-order chi connectivity index (χ1) is 25.9. The van der Waals surface area contributed by atoms with Gasteiger partial charge in [-0.2, -0.15) is 5.10 Å².